The van der Waals surface area contributed by atoms with E-state index in [1.165, 1.54) is 103 Å². The van der Waals surface area contributed by atoms with Gasteiger partial charge in [0.25, 0.3) is 0 Å². The van der Waals surface area contributed by atoms with E-state index in [-0.39, 0.29) is 31.1 Å². The molecule has 0 saturated carbocycles. The standard InChI is InChI=1S/C42H80O6/c1-6-7-8-20-27-32-40(43)46-35-39(48-42(45)34-29-24-19-15-11-13-17-22-26-31-38(4)5)36-47-41(44)33-28-23-18-14-10-9-12-16-21-25-30-37(2)3/h37-39H,6-36H2,1-5H3/t39-/m0/s1. The van der Waals surface area contributed by atoms with E-state index < -0.39 is 6.10 Å². The number of hydrogen-bond acceptors (Lipinski definition) is 6. The first-order chi connectivity index (χ1) is 23.2. The van der Waals surface area contributed by atoms with Crippen LogP contribution in [-0.2, 0) is 28.6 Å². The van der Waals surface area contributed by atoms with Gasteiger partial charge in [-0.1, -0.05) is 182 Å². The van der Waals surface area contributed by atoms with Crippen molar-refractivity contribution in [2.24, 2.45) is 11.8 Å². The Morgan fingerprint density at radius 2 is 0.688 bits per heavy atom. The molecule has 0 aliphatic rings. The number of carbonyl (C=O) groups excluding carboxylic acids is 3. The van der Waals surface area contributed by atoms with Crippen molar-refractivity contribution in [3.05, 3.63) is 0 Å². The predicted octanol–water partition coefficient (Wildman–Crippen LogP) is 12.6. The van der Waals surface area contributed by atoms with E-state index in [4.69, 9.17) is 14.2 Å². The average Bonchev–Trinajstić information content (AvgIpc) is 3.04. The van der Waals surface area contributed by atoms with E-state index in [0.29, 0.717) is 19.3 Å². The molecule has 1 atom stereocenters. The molecule has 0 radical (unpaired) electrons. The summed E-state index contributed by atoms with van der Waals surface area (Å²) in [6, 6.07) is 0. The summed E-state index contributed by atoms with van der Waals surface area (Å²) in [6.07, 6.45) is 31.2. The van der Waals surface area contributed by atoms with Gasteiger partial charge in [-0.2, -0.15) is 0 Å². The summed E-state index contributed by atoms with van der Waals surface area (Å²) in [6.45, 7) is 11.2. The number of rotatable bonds is 36. The highest BCUT2D eigenvalue weighted by atomic mass is 16.6. The van der Waals surface area contributed by atoms with E-state index in [1.807, 2.05) is 0 Å². The van der Waals surface area contributed by atoms with Crippen LogP contribution in [0.15, 0.2) is 0 Å². The van der Waals surface area contributed by atoms with E-state index in [9.17, 15) is 14.4 Å². The van der Waals surface area contributed by atoms with Crippen LogP contribution >= 0.6 is 0 Å². The molecule has 0 aromatic carbocycles. The summed E-state index contributed by atoms with van der Waals surface area (Å²) in [5.41, 5.74) is 0. The van der Waals surface area contributed by atoms with Crippen molar-refractivity contribution in [3.8, 4) is 0 Å². The third-order valence-electron chi connectivity index (χ3n) is 9.22. The van der Waals surface area contributed by atoms with Crippen LogP contribution < -0.4 is 0 Å². The fourth-order valence-electron chi connectivity index (χ4n) is 6.05. The Balaban J connectivity index is 4.24. The van der Waals surface area contributed by atoms with Crippen LogP contribution in [-0.4, -0.2) is 37.2 Å². The minimum atomic E-state index is -0.758. The average molecular weight is 681 g/mol. The Morgan fingerprint density at radius 3 is 1.02 bits per heavy atom. The quantitative estimate of drug-likeness (QED) is 0.0372. The first-order valence-corrected chi connectivity index (χ1v) is 20.7. The summed E-state index contributed by atoms with van der Waals surface area (Å²) in [5, 5.41) is 0. The van der Waals surface area contributed by atoms with Gasteiger partial charge in [0.1, 0.15) is 13.2 Å². The lowest BCUT2D eigenvalue weighted by molar-refractivity contribution is -0.167. The lowest BCUT2D eigenvalue weighted by atomic mass is 10.0. The van der Waals surface area contributed by atoms with Crippen LogP contribution in [0, 0.1) is 11.8 Å². The number of ether oxygens (including phenoxy) is 3. The van der Waals surface area contributed by atoms with E-state index in [0.717, 1.165) is 76.0 Å². The van der Waals surface area contributed by atoms with Gasteiger partial charge in [-0.25, -0.2) is 0 Å². The van der Waals surface area contributed by atoms with Gasteiger partial charge in [-0.3, -0.25) is 14.4 Å². The Labute approximate surface area is 298 Å². The number of hydrogen-bond donors (Lipinski definition) is 0. The van der Waals surface area contributed by atoms with Gasteiger partial charge >= 0.3 is 17.9 Å². The second-order valence-corrected chi connectivity index (χ2v) is 15.2. The van der Waals surface area contributed by atoms with E-state index in [1.54, 1.807) is 0 Å². The molecule has 48 heavy (non-hydrogen) atoms. The van der Waals surface area contributed by atoms with Crippen molar-refractivity contribution >= 4 is 17.9 Å². The minimum Gasteiger partial charge on any atom is -0.462 e. The van der Waals surface area contributed by atoms with Crippen LogP contribution in [0.2, 0.25) is 0 Å². The van der Waals surface area contributed by atoms with Crippen molar-refractivity contribution in [1.29, 1.82) is 0 Å². The molecule has 284 valence electrons. The maximum Gasteiger partial charge on any atom is 0.306 e. The van der Waals surface area contributed by atoms with Gasteiger partial charge in [0, 0.05) is 19.3 Å². The molecule has 0 spiro atoms. The molecule has 0 fully saturated rings. The van der Waals surface area contributed by atoms with Crippen molar-refractivity contribution in [2.45, 2.75) is 227 Å². The van der Waals surface area contributed by atoms with Gasteiger partial charge in [0.15, 0.2) is 6.10 Å². The fourth-order valence-corrected chi connectivity index (χ4v) is 6.05. The van der Waals surface area contributed by atoms with Crippen LogP contribution in [0.25, 0.3) is 0 Å². The molecule has 0 N–H and O–H groups in total. The van der Waals surface area contributed by atoms with Gasteiger partial charge in [0.05, 0.1) is 0 Å². The Hall–Kier alpha value is -1.59. The molecule has 0 aromatic rings. The zero-order valence-electron chi connectivity index (χ0n) is 32.6. The lowest BCUT2D eigenvalue weighted by Gasteiger charge is -2.18. The Kier molecular flexibility index (Phi) is 34.1. The topological polar surface area (TPSA) is 78.9 Å². The van der Waals surface area contributed by atoms with E-state index >= 15 is 0 Å². The molecule has 0 heterocycles. The van der Waals surface area contributed by atoms with Gasteiger partial charge in [-0.05, 0) is 31.1 Å². The monoisotopic (exact) mass is 681 g/mol. The highest BCUT2D eigenvalue weighted by Gasteiger charge is 2.19. The Morgan fingerprint density at radius 1 is 0.396 bits per heavy atom. The van der Waals surface area contributed by atoms with Crippen LogP contribution in [0.3, 0.4) is 0 Å². The highest BCUT2D eigenvalue weighted by molar-refractivity contribution is 5.71. The lowest BCUT2D eigenvalue weighted by Crippen LogP contribution is -2.30. The molecule has 0 saturated heterocycles. The molecular formula is C42H80O6. The van der Waals surface area contributed by atoms with Gasteiger partial charge < -0.3 is 14.2 Å². The zero-order chi connectivity index (χ0) is 35.5. The summed E-state index contributed by atoms with van der Waals surface area (Å²) in [7, 11) is 0. The predicted molar refractivity (Wildman–Crippen MR) is 201 cm³/mol. The summed E-state index contributed by atoms with van der Waals surface area (Å²) in [4.78, 5) is 37.3. The second kappa shape index (κ2) is 35.2. The smallest absolute Gasteiger partial charge is 0.306 e. The molecule has 0 aliphatic carbocycles. The number of unbranched alkanes of at least 4 members (excludes halogenated alkanes) is 21. The van der Waals surface area contributed by atoms with Crippen molar-refractivity contribution in [1.82, 2.24) is 0 Å². The summed E-state index contributed by atoms with van der Waals surface area (Å²) >= 11 is 0. The molecule has 0 unspecified atom stereocenters. The summed E-state index contributed by atoms with van der Waals surface area (Å²) < 4.78 is 16.5. The van der Waals surface area contributed by atoms with Crippen LogP contribution in [0.1, 0.15) is 221 Å². The number of carbonyl (C=O) groups is 3. The van der Waals surface area contributed by atoms with E-state index in [2.05, 4.69) is 34.6 Å². The largest absolute Gasteiger partial charge is 0.462 e. The first kappa shape index (κ1) is 46.4. The van der Waals surface area contributed by atoms with Crippen molar-refractivity contribution in [2.75, 3.05) is 13.2 Å². The molecule has 0 amide bonds. The van der Waals surface area contributed by atoms with Crippen LogP contribution in [0.5, 0.6) is 0 Å². The molecule has 0 rings (SSSR count). The van der Waals surface area contributed by atoms with Crippen molar-refractivity contribution < 1.29 is 28.6 Å². The molecular weight excluding hydrogens is 600 g/mol. The maximum absolute atomic E-state index is 12.6. The number of esters is 3. The van der Waals surface area contributed by atoms with Gasteiger partial charge in [-0.15, -0.1) is 0 Å². The third kappa shape index (κ3) is 35.7. The molecule has 6 heteroatoms. The SMILES string of the molecule is CCCCCCCC(=O)OC[C@@H](COC(=O)CCCCCCCCCCCCC(C)C)OC(=O)CCCCCCCCCCCC(C)C. The Bertz CT molecular complexity index is 734. The fraction of sp³-hybridized carbons (Fsp3) is 0.929. The minimum absolute atomic E-state index is 0.0668. The second-order valence-electron chi connectivity index (χ2n) is 15.2. The first-order valence-electron chi connectivity index (χ1n) is 20.7. The van der Waals surface area contributed by atoms with Crippen molar-refractivity contribution in [3.63, 3.8) is 0 Å². The highest BCUT2D eigenvalue weighted by Crippen LogP contribution is 2.16. The molecule has 0 aliphatic heterocycles. The third-order valence-corrected chi connectivity index (χ3v) is 9.22. The zero-order valence-corrected chi connectivity index (χ0v) is 32.6. The normalized spacial score (nSPS) is 12.1. The van der Waals surface area contributed by atoms with Crippen LogP contribution in [0.4, 0.5) is 0 Å². The molecule has 6 nitrogen and oxygen atoms in total. The molecule has 0 aromatic heterocycles. The molecule has 0 bridgehead atoms. The van der Waals surface area contributed by atoms with Gasteiger partial charge in [0.2, 0.25) is 0 Å². The maximum atomic E-state index is 12.6. The summed E-state index contributed by atoms with van der Waals surface area (Å²) in [5.74, 6) is 0.747.